The molecular weight excluding hydrogens is 414 g/mol. The van der Waals surface area contributed by atoms with Crippen LogP contribution in [0.4, 0.5) is 0 Å². The first-order valence-electron chi connectivity index (χ1n) is 16.0. The smallest absolute Gasteiger partial charge is 0.119 e. The molecule has 0 aliphatic heterocycles. The molecule has 0 aliphatic carbocycles. The minimum absolute atomic E-state index is 0.0837. The third kappa shape index (κ3) is 16.6. The van der Waals surface area contributed by atoms with Crippen LogP contribution in [0.5, 0.6) is 0 Å². The predicted molar refractivity (Wildman–Crippen MR) is 154 cm³/mol. The van der Waals surface area contributed by atoms with E-state index in [4.69, 9.17) is 5.73 Å². The Morgan fingerprint density at radius 1 is 0.382 bits per heavy atom. The number of unbranched alkanes of at least 4 members (excludes halogenated alkanes) is 18. The predicted octanol–water partition coefficient (Wildman–Crippen LogP) is 10.8. The zero-order valence-electron chi connectivity index (χ0n) is 24.4. The van der Waals surface area contributed by atoms with E-state index < -0.39 is 5.72 Å². The highest BCUT2D eigenvalue weighted by atomic mass is 16.3. The van der Waals surface area contributed by atoms with Crippen molar-refractivity contribution in [3.63, 3.8) is 0 Å². The monoisotopic (exact) mass is 482 g/mol. The zero-order chi connectivity index (χ0) is 25.4. The van der Waals surface area contributed by atoms with Crippen LogP contribution in [0.2, 0.25) is 0 Å². The number of hydrogen-bond acceptors (Lipinski definition) is 2. The second-order valence-electron chi connectivity index (χ2n) is 11.6. The van der Waals surface area contributed by atoms with Gasteiger partial charge < -0.3 is 10.8 Å². The van der Waals surface area contributed by atoms with Crippen LogP contribution in [-0.2, 0) is 0 Å². The van der Waals surface area contributed by atoms with Gasteiger partial charge in [-0.15, -0.1) is 0 Å². The van der Waals surface area contributed by atoms with Gasteiger partial charge in [0.2, 0.25) is 0 Å². The van der Waals surface area contributed by atoms with Crippen LogP contribution in [0.25, 0.3) is 0 Å². The minimum Gasteiger partial charge on any atom is -0.376 e. The minimum atomic E-state index is -1.00. The van der Waals surface area contributed by atoms with Gasteiger partial charge in [-0.25, -0.2) is 0 Å². The molecule has 0 aromatic rings. The highest BCUT2D eigenvalue weighted by molar-refractivity contribution is 4.95. The molecule has 0 aromatic heterocycles. The van der Waals surface area contributed by atoms with Gasteiger partial charge in [0.1, 0.15) is 5.72 Å². The number of rotatable bonds is 27. The van der Waals surface area contributed by atoms with E-state index in [1.54, 1.807) is 0 Å². The van der Waals surface area contributed by atoms with Gasteiger partial charge in [-0.3, -0.25) is 0 Å². The second-order valence-corrected chi connectivity index (χ2v) is 11.6. The Bertz CT molecular complexity index is 390. The molecule has 2 nitrogen and oxygen atoms in total. The first kappa shape index (κ1) is 33.9. The van der Waals surface area contributed by atoms with E-state index in [1.807, 2.05) is 0 Å². The van der Waals surface area contributed by atoms with Gasteiger partial charge >= 0.3 is 0 Å². The van der Waals surface area contributed by atoms with E-state index in [0.29, 0.717) is 0 Å². The van der Waals surface area contributed by atoms with Gasteiger partial charge in [0.05, 0.1) is 0 Å². The van der Waals surface area contributed by atoms with E-state index >= 15 is 0 Å². The molecule has 0 radical (unpaired) electrons. The SMILES string of the molecule is CCCCCCCCC(N)(O)C(CCCCCC)(CCCCCCCC)CCCCCCCC. The largest absolute Gasteiger partial charge is 0.376 e. The lowest BCUT2D eigenvalue weighted by molar-refractivity contribution is -0.106. The van der Waals surface area contributed by atoms with Crippen molar-refractivity contribution in [1.29, 1.82) is 0 Å². The van der Waals surface area contributed by atoms with Crippen LogP contribution in [0.1, 0.15) is 195 Å². The number of nitrogens with two attached hydrogens (primary N) is 1. The second kappa shape index (κ2) is 23.3. The van der Waals surface area contributed by atoms with Crippen LogP contribution < -0.4 is 5.73 Å². The molecule has 1 unspecified atom stereocenters. The molecule has 3 N–H and O–H groups in total. The van der Waals surface area contributed by atoms with Crippen molar-refractivity contribution >= 4 is 0 Å². The van der Waals surface area contributed by atoms with E-state index in [1.165, 1.54) is 135 Å². The molecule has 0 fully saturated rings. The van der Waals surface area contributed by atoms with E-state index in [9.17, 15) is 5.11 Å². The van der Waals surface area contributed by atoms with Gasteiger partial charge in [0, 0.05) is 5.41 Å². The molecule has 0 saturated carbocycles. The molecule has 2 heteroatoms. The Labute approximate surface area is 216 Å². The fourth-order valence-corrected chi connectivity index (χ4v) is 5.84. The van der Waals surface area contributed by atoms with Crippen molar-refractivity contribution in [3.05, 3.63) is 0 Å². The first-order valence-corrected chi connectivity index (χ1v) is 16.0. The molecule has 0 bridgehead atoms. The molecule has 34 heavy (non-hydrogen) atoms. The Balaban J connectivity index is 5.15. The lowest BCUT2D eigenvalue weighted by Gasteiger charge is -2.46. The van der Waals surface area contributed by atoms with Crippen molar-refractivity contribution in [2.75, 3.05) is 0 Å². The summed E-state index contributed by atoms with van der Waals surface area (Å²) in [5.74, 6) is 0. The fraction of sp³-hybridized carbons (Fsp3) is 1.00. The summed E-state index contributed by atoms with van der Waals surface area (Å²) >= 11 is 0. The van der Waals surface area contributed by atoms with Crippen LogP contribution in [0.15, 0.2) is 0 Å². The molecule has 206 valence electrons. The topological polar surface area (TPSA) is 46.2 Å². The Hall–Kier alpha value is -0.0800. The summed E-state index contributed by atoms with van der Waals surface area (Å²) in [4.78, 5) is 0. The quantitative estimate of drug-likeness (QED) is 0.0904. The maximum absolute atomic E-state index is 11.8. The third-order valence-electron chi connectivity index (χ3n) is 8.36. The standard InChI is InChI=1S/C32H67NO/c1-5-9-13-17-20-24-28-31(27-23-16-12-8-4,29-25-21-18-14-10-6-2)32(33,34)30-26-22-19-15-11-7-3/h34H,5-30,33H2,1-4H3. The normalized spacial score (nSPS) is 13.9. The highest BCUT2D eigenvalue weighted by Crippen LogP contribution is 2.46. The summed E-state index contributed by atoms with van der Waals surface area (Å²) in [5.41, 5.74) is 5.85. The van der Waals surface area contributed by atoms with Gasteiger partial charge in [0.25, 0.3) is 0 Å². The average Bonchev–Trinajstić information content (AvgIpc) is 2.82. The Morgan fingerprint density at radius 3 is 0.941 bits per heavy atom. The maximum Gasteiger partial charge on any atom is 0.119 e. The van der Waals surface area contributed by atoms with Crippen molar-refractivity contribution in [2.45, 2.75) is 200 Å². The summed E-state index contributed by atoms with van der Waals surface area (Å²) in [6.07, 6.45) is 32.7. The Kier molecular flexibility index (Phi) is 23.3. The average molecular weight is 482 g/mol. The third-order valence-corrected chi connectivity index (χ3v) is 8.36. The lowest BCUT2D eigenvalue weighted by atomic mass is 9.65. The summed E-state index contributed by atoms with van der Waals surface area (Å²) in [6, 6.07) is 0. The van der Waals surface area contributed by atoms with Crippen molar-refractivity contribution < 1.29 is 5.11 Å². The van der Waals surface area contributed by atoms with Gasteiger partial charge in [0.15, 0.2) is 0 Å². The molecule has 1 atom stereocenters. The molecule has 0 saturated heterocycles. The molecule has 0 aromatic carbocycles. The van der Waals surface area contributed by atoms with Crippen LogP contribution in [0.3, 0.4) is 0 Å². The van der Waals surface area contributed by atoms with E-state index in [0.717, 1.165) is 32.1 Å². The first-order chi connectivity index (χ1) is 16.5. The van der Waals surface area contributed by atoms with E-state index in [-0.39, 0.29) is 5.41 Å². The summed E-state index contributed by atoms with van der Waals surface area (Å²) < 4.78 is 0. The van der Waals surface area contributed by atoms with Crippen LogP contribution >= 0.6 is 0 Å². The summed E-state index contributed by atoms with van der Waals surface area (Å²) in [5, 5.41) is 11.8. The molecule has 0 spiro atoms. The molecule has 0 heterocycles. The summed E-state index contributed by atoms with van der Waals surface area (Å²) in [7, 11) is 0. The maximum atomic E-state index is 11.8. The molecule has 0 amide bonds. The van der Waals surface area contributed by atoms with Gasteiger partial charge in [-0.05, 0) is 32.1 Å². The molecule has 0 rings (SSSR count). The molecular formula is C32H67NO. The Morgan fingerprint density at radius 2 is 0.618 bits per heavy atom. The van der Waals surface area contributed by atoms with Crippen molar-refractivity contribution in [1.82, 2.24) is 0 Å². The molecule has 0 aliphatic rings. The highest BCUT2D eigenvalue weighted by Gasteiger charge is 2.45. The fourth-order valence-electron chi connectivity index (χ4n) is 5.84. The van der Waals surface area contributed by atoms with Crippen molar-refractivity contribution in [3.8, 4) is 0 Å². The van der Waals surface area contributed by atoms with Gasteiger partial charge in [-0.2, -0.15) is 0 Å². The number of hydrogen-bond donors (Lipinski definition) is 2. The summed E-state index contributed by atoms with van der Waals surface area (Å²) in [6.45, 7) is 9.14. The van der Waals surface area contributed by atoms with Crippen molar-refractivity contribution in [2.24, 2.45) is 11.1 Å². The van der Waals surface area contributed by atoms with Crippen LogP contribution in [0, 0.1) is 5.41 Å². The van der Waals surface area contributed by atoms with Crippen LogP contribution in [-0.4, -0.2) is 10.8 Å². The lowest BCUT2D eigenvalue weighted by Crippen LogP contribution is -2.55. The van der Waals surface area contributed by atoms with Gasteiger partial charge in [-0.1, -0.05) is 163 Å². The number of aliphatic hydroxyl groups is 1. The van der Waals surface area contributed by atoms with E-state index in [2.05, 4.69) is 27.7 Å². The zero-order valence-corrected chi connectivity index (χ0v) is 24.4.